The average Bonchev–Trinajstić information content (AvgIpc) is 2.79. The first kappa shape index (κ1) is 15.5. The van der Waals surface area contributed by atoms with Crippen LogP contribution >= 0.6 is 0 Å². The minimum absolute atomic E-state index is 0.192. The molecule has 2 heterocycles. The largest absolute Gasteiger partial charge is 0.496 e. The fourth-order valence-corrected chi connectivity index (χ4v) is 2.70. The molecular weight excluding hydrogens is 264 g/mol. The van der Waals surface area contributed by atoms with Crippen LogP contribution in [0.3, 0.4) is 0 Å². The van der Waals surface area contributed by atoms with Gasteiger partial charge in [0, 0.05) is 53.8 Å². The molecule has 0 amide bonds. The SMILES string of the molecule is CNC(Cc1ncc(C)c(OC)c1C)c1cnn(C)c1C. The van der Waals surface area contributed by atoms with Gasteiger partial charge in [0.1, 0.15) is 5.75 Å². The number of ether oxygens (including phenoxy) is 1. The van der Waals surface area contributed by atoms with E-state index in [0.717, 1.165) is 29.0 Å². The molecule has 2 aromatic rings. The summed E-state index contributed by atoms with van der Waals surface area (Å²) in [4.78, 5) is 4.59. The zero-order chi connectivity index (χ0) is 15.6. The second-order valence-corrected chi connectivity index (χ2v) is 5.40. The topological polar surface area (TPSA) is 52.0 Å². The molecule has 0 radical (unpaired) electrons. The van der Waals surface area contributed by atoms with Gasteiger partial charge in [0.15, 0.2) is 0 Å². The quantitative estimate of drug-likeness (QED) is 0.917. The predicted molar refractivity (Wildman–Crippen MR) is 83.7 cm³/mol. The summed E-state index contributed by atoms with van der Waals surface area (Å²) in [6.45, 7) is 6.17. The van der Waals surface area contributed by atoms with Gasteiger partial charge in [-0.3, -0.25) is 9.67 Å². The summed E-state index contributed by atoms with van der Waals surface area (Å²) < 4.78 is 7.39. The molecule has 0 aliphatic heterocycles. The van der Waals surface area contributed by atoms with E-state index < -0.39 is 0 Å². The fraction of sp³-hybridized carbons (Fsp3) is 0.500. The van der Waals surface area contributed by atoms with E-state index in [0.29, 0.717) is 0 Å². The van der Waals surface area contributed by atoms with Crippen LogP contribution in [0.4, 0.5) is 0 Å². The number of hydrogen-bond donors (Lipinski definition) is 1. The van der Waals surface area contributed by atoms with Gasteiger partial charge < -0.3 is 10.1 Å². The highest BCUT2D eigenvalue weighted by Gasteiger charge is 2.19. The number of nitrogens with zero attached hydrogens (tertiary/aromatic N) is 3. The Hall–Kier alpha value is -1.88. The Morgan fingerprint density at radius 2 is 2.00 bits per heavy atom. The summed E-state index contributed by atoms with van der Waals surface area (Å²) in [6.07, 6.45) is 4.62. The molecule has 0 saturated heterocycles. The number of nitrogens with one attached hydrogen (secondary N) is 1. The van der Waals surface area contributed by atoms with Crippen LogP contribution in [0.5, 0.6) is 5.75 Å². The maximum atomic E-state index is 5.49. The highest BCUT2D eigenvalue weighted by atomic mass is 16.5. The monoisotopic (exact) mass is 288 g/mol. The molecule has 0 aliphatic carbocycles. The summed E-state index contributed by atoms with van der Waals surface area (Å²) in [5.41, 5.74) is 5.61. The summed E-state index contributed by atoms with van der Waals surface area (Å²) in [6, 6.07) is 0.192. The van der Waals surface area contributed by atoms with Crippen LogP contribution in [0, 0.1) is 20.8 Å². The van der Waals surface area contributed by atoms with Gasteiger partial charge in [-0.25, -0.2) is 0 Å². The lowest BCUT2D eigenvalue weighted by Crippen LogP contribution is -2.20. The third-order valence-corrected chi connectivity index (χ3v) is 4.14. The van der Waals surface area contributed by atoms with Gasteiger partial charge >= 0.3 is 0 Å². The summed E-state index contributed by atoms with van der Waals surface area (Å²) in [7, 11) is 5.64. The van der Waals surface area contributed by atoms with Crippen molar-refractivity contribution in [2.75, 3.05) is 14.2 Å². The lowest BCUT2D eigenvalue weighted by molar-refractivity contribution is 0.406. The van der Waals surface area contributed by atoms with Gasteiger partial charge in [0.25, 0.3) is 0 Å². The van der Waals surface area contributed by atoms with Crippen molar-refractivity contribution in [2.45, 2.75) is 33.2 Å². The normalized spacial score (nSPS) is 12.5. The lowest BCUT2D eigenvalue weighted by atomic mass is 9.99. The van der Waals surface area contributed by atoms with Crippen LogP contribution in [-0.4, -0.2) is 28.9 Å². The zero-order valence-electron chi connectivity index (χ0n) is 13.7. The second-order valence-electron chi connectivity index (χ2n) is 5.40. The first-order valence-electron chi connectivity index (χ1n) is 7.14. The number of aromatic nitrogens is 3. The molecule has 1 unspecified atom stereocenters. The first-order chi connectivity index (χ1) is 9.99. The third kappa shape index (κ3) is 2.93. The Balaban J connectivity index is 2.33. The van der Waals surface area contributed by atoms with E-state index >= 15 is 0 Å². The molecule has 0 aromatic carbocycles. The Morgan fingerprint density at radius 1 is 1.29 bits per heavy atom. The molecule has 0 fully saturated rings. The molecule has 0 bridgehead atoms. The number of methoxy groups -OCH3 is 1. The minimum atomic E-state index is 0.192. The smallest absolute Gasteiger partial charge is 0.128 e. The van der Waals surface area contributed by atoms with Crippen molar-refractivity contribution in [1.82, 2.24) is 20.1 Å². The van der Waals surface area contributed by atoms with Gasteiger partial charge in [-0.1, -0.05) is 0 Å². The molecular formula is C16H24N4O. The number of hydrogen-bond acceptors (Lipinski definition) is 4. The van der Waals surface area contributed by atoms with Gasteiger partial charge in [-0.15, -0.1) is 0 Å². The number of pyridine rings is 1. The number of likely N-dealkylation sites (N-methyl/N-ethyl adjacent to an activating group) is 1. The van der Waals surface area contributed by atoms with E-state index in [9.17, 15) is 0 Å². The van der Waals surface area contributed by atoms with Crippen LogP contribution in [0.1, 0.15) is 34.1 Å². The van der Waals surface area contributed by atoms with Crippen molar-refractivity contribution in [1.29, 1.82) is 0 Å². The molecule has 0 saturated carbocycles. The van der Waals surface area contributed by atoms with Gasteiger partial charge in [0.2, 0.25) is 0 Å². The first-order valence-corrected chi connectivity index (χ1v) is 7.14. The zero-order valence-corrected chi connectivity index (χ0v) is 13.7. The Bertz CT molecular complexity index is 633. The van der Waals surface area contributed by atoms with Crippen molar-refractivity contribution in [2.24, 2.45) is 7.05 Å². The van der Waals surface area contributed by atoms with Crippen LogP contribution < -0.4 is 10.1 Å². The molecule has 2 aromatic heterocycles. The van der Waals surface area contributed by atoms with Crippen LogP contribution in [0.15, 0.2) is 12.4 Å². The fourth-order valence-electron chi connectivity index (χ4n) is 2.70. The molecule has 2 rings (SSSR count). The number of aryl methyl sites for hydroxylation is 2. The summed E-state index contributed by atoms with van der Waals surface area (Å²) in [5, 5.41) is 7.69. The van der Waals surface area contributed by atoms with Crippen molar-refractivity contribution in [3.63, 3.8) is 0 Å². The maximum Gasteiger partial charge on any atom is 0.128 e. The standard InChI is InChI=1S/C16H24N4O/c1-10-8-18-14(11(2)16(10)21-6)7-15(17-4)13-9-19-20(5)12(13)3/h8-9,15,17H,7H2,1-6H3. The Labute approximate surface area is 126 Å². The maximum absolute atomic E-state index is 5.49. The summed E-state index contributed by atoms with van der Waals surface area (Å²) >= 11 is 0. The van der Waals surface area contributed by atoms with Crippen molar-refractivity contribution in [3.8, 4) is 5.75 Å². The van der Waals surface area contributed by atoms with Gasteiger partial charge in [-0.2, -0.15) is 5.10 Å². The van der Waals surface area contributed by atoms with E-state index in [2.05, 4.69) is 29.2 Å². The molecule has 5 heteroatoms. The average molecular weight is 288 g/mol. The van der Waals surface area contributed by atoms with Crippen LogP contribution in [0.2, 0.25) is 0 Å². The highest BCUT2D eigenvalue weighted by Crippen LogP contribution is 2.27. The van der Waals surface area contributed by atoms with E-state index in [-0.39, 0.29) is 6.04 Å². The van der Waals surface area contributed by atoms with Gasteiger partial charge in [-0.05, 0) is 27.8 Å². The second kappa shape index (κ2) is 6.26. The van der Waals surface area contributed by atoms with Gasteiger partial charge in [0.05, 0.1) is 13.3 Å². The number of rotatable bonds is 5. The van der Waals surface area contributed by atoms with E-state index in [4.69, 9.17) is 4.74 Å². The molecule has 21 heavy (non-hydrogen) atoms. The van der Waals surface area contributed by atoms with Crippen molar-refractivity contribution >= 4 is 0 Å². The molecule has 114 valence electrons. The predicted octanol–water partition coefficient (Wildman–Crippen LogP) is 2.25. The van der Waals surface area contributed by atoms with Crippen molar-refractivity contribution < 1.29 is 4.74 Å². The molecule has 5 nitrogen and oxygen atoms in total. The van der Waals surface area contributed by atoms with E-state index in [1.54, 1.807) is 7.11 Å². The molecule has 0 spiro atoms. The highest BCUT2D eigenvalue weighted by molar-refractivity contribution is 5.41. The molecule has 1 N–H and O–H groups in total. The van der Waals surface area contributed by atoms with Crippen LogP contribution in [-0.2, 0) is 13.5 Å². The molecule has 1 atom stereocenters. The van der Waals surface area contributed by atoms with E-state index in [1.165, 1.54) is 11.3 Å². The van der Waals surface area contributed by atoms with Crippen molar-refractivity contribution in [3.05, 3.63) is 40.5 Å². The van der Waals surface area contributed by atoms with Crippen LogP contribution in [0.25, 0.3) is 0 Å². The van der Waals surface area contributed by atoms with E-state index in [1.807, 2.05) is 38.1 Å². The molecule has 0 aliphatic rings. The Morgan fingerprint density at radius 3 is 2.52 bits per heavy atom. The Kier molecular flexibility index (Phi) is 4.63. The third-order valence-electron chi connectivity index (χ3n) is 4.14. The summed E-state index contributed by atoms with van der Waals surface area (Å²) in [5.74, 6) is 0.928. The lowest BCUT2D eigenvalue weighted by Gasteiger charge is -2.18. The minimum Gasteiger partial charge on any atom is -0.496 e.